The van der Waals surface area contributed by atoms with E-state index in [4.69, 9.17) is 10.5 Å². The van der Waals surface area contributed by atoms with Crippen molar-refractivity contribution in [1.82, 2.24) is 4.90 Å². The largest absolute Gasteiger partial charge is 0.493 e. The third kappa shape index (κ3) is 3.23. The number of benzene rings is 1. The minimum atomic E-state index is -0.201. The van der Waals surface area contributed by atoms with Crippen molar-refractivity contribution in [1.29, 1.82) is 0 Å². The van der Waals surface area contributed by atoms with Gasteiger partial charge in [0.2, 0.25) is 5.91 Å². The van der Waals surface area contributed by atoms with Crippen LogP contribution in [-0.2, 0) is 4.79 Å². The van der Waals surface area contributed by atoms with Gasteiger partial charge in [-0.25, -0.2) is 0 Å². The smallest absolute Gasteiger partial charge is 0.226 e. The summed E-state index contributed by atoms with van der Waals surface area (Å²) in [7, 11) is 0. The lowest BCUT2D eigenvalue weighted by Crippen LogP contribution is -2.66. The number of rotatable bonds is 4. The van der Waals surface area contributed by atoms with E-state index in [1.165, 1.54) is 0 Å². The lowest BCUT2D eigenvalue weighted by molar-refractivity contribution is -0.138. The summed E-state index contributed by atoms with van der Waals surface area (Å²) in [6.07, 6.45) is 0.407. The molecule has 0 unspecified atom stereocenters. The van der Waals surface area contributed by atoms with E-state index in [1.54, 1.807) is 4.90 Å². The highest BCUT2D eigenvalue weighted by Crippen LogP contribution is 2.18. The number of nitrogens with two attached hydrogens (primary N) is 1. The van der Waals surface area contributed by atoms with Crippen molar-refractivity contribution in [2.75, 3.05) is 19.7 Å². The number of ether oxygens (including phenoxy) is 1. The van der Waals surface area contributed by atoms with Gasteiger partial charge in [0.05, 0.1) is 13.0 Å². The Hall–Kier alpha value is -1.55. The van der Waals surface area contributed by atoms with Crippen molar-refractivity contribution in [3.63, 3.8) is 0 Å². The molecule has 4 heteroatoms. The molecule has 2 rings (SSSR count). The number of aryl methyl sites for hydroxylation is 1. The van der Waals surface area contributed by atoms with Crippen LogP contribution in [0.5, 0.6) is 5.75 Å². The molecule has 2 N–H and O–H groups in total. The number of nitrogens with zero attached hydrogens (tertiary/aromatic N) is 1. The Kier molecular flexibility index (Phi) is 3.57. The maximum atomic E-state index is 11.8. The van der Waals surface area contributed by atoms with Crippen molar-refractivity contribution in [2.45, 2.75) is 25.8 Å². The fourth-order valence-corrected chi connectivity index (χ4v) is 2.12. The molecule has 0 atom stereocenters. The maximum Gasteiger partial charge on any atom is 0.226 e. The zero-order chi connectivity index (χ0) is 13.2. The van der Waals surface area contributed by atoms with Crippen molar-refractivity contribution in [3.05, 3.63) is 29.8 Å². The number of amides is 1. The predicted octanol–water partition coefficient (Wildman–Crippen LogP) is 1.32. The Balaban J connectivity index is 1.71. The Labute approximate surface area is 108 Å². The van der Waals surface area contributed by atoms with E-state index in [9.17, 15) is 4.79 Å². The number of likely N-dealkylation sites (tertiary alicyclic amines) is 1. The van der Waals surface area contributed by atoms with Crippen LogP contribution in [0.25, 0.3) is 0 Å². The van der Waals surface area contributed by atoms with Gasteiger partial charge in [-0.05, 0) is 31.5 Å². The molecule has 1 aliphatic heterocycles. The molecule has 0 aliphatic carbocycles. The monoisotopic (exact) mass is 248 g/mol. The molecule has 18 heavy (non-hydrogen) atoms. The number of hydrogen-bond acceptors (Lipinski definition) is 3. The molecule has 1 aromatic rings. The number of carbonyl (C=O) groups is 1. The zero-order valence-corrected chi connectivity index (χ0v) is 11.0. The lowest BCUT2D eigenvalue weighted by atomic mass is 9.93. The molecule has 1 aromatic carbocycles. The van der Waals surface area contributed by atoms with Crippen LogP contribution >= 0.6 is 0 Å². The summed E-state index contributed by atoms with van der Waals surface area (Å²) < 4.78 is 5.55. The fraction of sp³-hybridized carbons (Fsp3) is 0.500. The molecule has 0 aromatic heterocycles. The van der Waals surface area contributed by atoms with E-state index in [-0.39, 0.29) is 11.4 Å². The van der Waals surface area contributed by atoms with E-state index in [0.29, 0.717) is 26.1 Å². The van der Waals surface area contributed by atoms with Crippen LogP contribution in [0, 0.1) is 6.92 Å². The third-order valence-electron chi connectivity index (χ3n) is 3.03. The predicted molar refractivity (Wildman–Crippen MR) is 70.5 cm³/mol. The Morgan fingerprint density at radius 3 is 2.83 bits per heavy atom. The zero-order valence-electron chi connectivity index (χ0n) is 11.0. The van der Waals surface area contributed by atoms with Crippen LogP contribution in [0.4, 0.5) is 0 Å². The molecule has 0 radical (unpaired) electrons. The van der Waals surface area contributed by atoms with E-state index in [2.05, 4.69) is 0 Å². The first kappa shape index (κ1) is 12.9. The first-order valence-electron chi connectivity index (χ1n) is 6.22. The summed E-state index contributed by atoms with van der Waals surface area (Å²) in [5.41, 5.74) is 6.81. The summed E-state index contributed by atoms with van der Waals surface area (Å²) in [5.74, 6) is 0.931. The van der Waals surface area contributed by atoms with Crippen LogP contribution in [0.3, 0.4) is 0 Å². The van der Waals surface area contributed by atoms with Gasteiger partial charge in [-0.3, -0.25) is 4.79 Å². The van der Waals surface area contributed by atoms with E-state index in [1.807, 2.05) is 38.1 Å². The van der Waals surface area contributed by atoms with Gasteiger partial charge >= 0.3 is 0 Å². The van der Waals surface area contributed by atoms with Gasteiger partial charge in [-0.2, -0.15) is 0 Å². The first-order chi connectivity index (χ1) is 8.46. The van der Waals surface area contributed by atoms with Crippen LogP contribution in [0.15, 0.2) is 24.3 Å². The van der Waals surface area contributed by atoms with Crippen LogP contribution in [0.1, 0.15) is 18.9 Å². The SMILES string of the molecule is Cc1cccc(OCCC(=O)N2CC(C)(N)C2)c1. The molecule has 0 spiro atoms. The summed E-state index contributed by atoms with van der Waals surface area (Å²) >= 11 is 0. The highest BCUT2D eigenvalue weighted by atomic mass is 16.5. The van der Waals surface area contributed by atoms with E-state index in [0.717, 1.165) is 11.3 Å². The molecule has 1 saturated heterocycles. The average Bonchev–Trinajstić information content (AvgIpc) is 2.25. The third-order valence-corrected chi connectivity index (χ3v) is 3.03. The number of carbonyl (C=O) groups excluding carboxylic acids is 1. The van der Waals surface area contributed by atoms with Crippen molar-refractivity contribution < 1.29 is 9.53 Å². The minimum Gasteiger partial charge on any atom is -0.493 e. The Morgan fingerprint density at radius 2 is 2.22 bits per heavy atom. The molecule has 1 heterocycles. The topological polar surface area (TPSA) is 55.6 Å². The Bertz CT molecular complexity index is 435. The van der Waals surface area contributed by atoms with Gasteiger partial charge in [0.15, 0.2) is 0 Å². The summed E-state index contributed by atoms with van der Waals surface area (Å²) in [6, 6.07) is 7.82. The molecule has 0 bridgehead atoms. The van der Waals surface area contributed by atoms with Crippen LogP contribution in [-0.4, -0.2) is 36.0 Å². The molecule has 1 aliphatic rings. The minimum absolute atomic E-state index is 0.116. The second kappa shape index (κ2) is 4.98. The van der Waals surface area contributed by atoms with E-state index < -0.39 is 0 Å². The van der Waals surface area contributed by atoms with Gasteiger partial charge in [0, 0.05) is 18.6 Å². The molecule has 98 valence electrons. The van der Waals surface area contributed by atoms with Gasteiger partial charge in [-0.1, -0.05) is 12.1 Å². The second-order valence-electron chi connectivity index (χ2n) is 5.32. The average molecular weight is 248 g/mol. The standard InChI is InChI=1S/C14H20N2O2/c1-11-4-3-5-12(8-11)18-7-6-13(17)16-9-14(2,15)10-16/h3-5,8H,6-7,9-10,15H2,1-2H3. The van der Waals surface area contributed by atoms with Crippen molar-refractivity contribution >= 4 is 5.91 Å². The highest BCUT2D eigenvalue weighted by Gasteiger charge is 2.37. The van der Waals surface area contributed by atoms with Crippen molar-refractivity contribution in [3.8, 4) is 5.75 Å². The highest BCUT2D eigenvalue weighted by molar-refractivity contribution is 5.77. The normalized spacial score (nSPS) is 17.2. The number of hydrogen-bond donors (Lipinski definition) is 1. The lowest BCUT2D eigenvalue weighted by Gasteiger charge is -2.45. The fourth-order valence-electron chi connectivity index (χ4n) is 2.12. The van der Waals surface area contributed by atoms with Crippen LogP contribution in [0.2, 0.25) is 0 Å². The first-order valence-corrected chi connectivity index (χ1v) is 6.22. The van der Waals surface area contributed by atoms with Crippen molar-refractivity contribution in [2.24, 2.45) is 5.73 Å². The maximum absolute atomic E-state index is 11.8. The van der Waals surface area contributed by atoms with Gasteiger partial charge < -0.3 is 15.4 Å². The summed E-state index contributed by atoms with van der Waals surface area (Å²) in [4.78, 5) is 13.5. The summed E-state index contributed by atoms with van der Waals surface area (Å²) in [6.45, 7) is 5.69. The quantitative estimate of drug-likeness (QED) is 0.874. The van der Waals surface area contributed by atoms with Gasteiger partial charge in [0.25, 0.3) is 0 Å². The molecule has 1 amide bonds. The molecular weight excluding hydrogens is 228 g/mol. The molecule has 4 nitrogen and oxygen atoms in total. The molecular formula is C14H20N2O2. The molecule has 0 saturated carbocycles. The van der Waals surface area contributed by atoms with Gasteiger partial charge in [0.1, 0.15) is 5.75 Å². The Morgan fingerprint density at radius 1 is 1.50 bits per heavy atom. The van der Waals surface area contributed by atoms with Gasteiger partial charge in [-0.15, -0.1) is 0 Å². The second-order valence-corrected chi connectivity index (χ2v) is 5.32. The molecule has 1 fully saturated rings. The summed E-state index contributed by atoms with van der Waals surface area (Å²) in [5, 5.41) is 0. The van der Waals surface area contributed by atoms with Crippen LogP contribution < -0.4 is 10.5 Å². The van der Waals surface area contributed by atoms with E-state index >= 15 is 0 Å².